The van der Waals surface area contributed by atoms with Crippen molar-refractivity contribution >= 4 is 11.9 Å². The molecular formula is C16H19FN4O2. The molecule has 1 fully saturated rings. The second kappa shape index (κ2) is 6.36. The lowest BCUT2D eigenvalue weighted by atomic mass is 10.2. The number of benzene rings is 1. The van der Waals surface area contributed by atoms with Crippen LogP contribution in [0.1, 0.15) is 36.0 Å². The molecule has 1 aromatic heterocycles. The Balaban J connectivity index is 1.62. The maximum atomic E-state index is 13.2. The average Bonchev–Trinajstić information content (AvgIpc) is 3.04. The van der Waals surface area contributed by atoms with E-state index in [9.17, 15) is 9.18 Å². The van der Waals surface area contributed by atoms with E-state index >= 15 is 0 Å². The molecule has 6 nitrogen and oxygen atoms in total. The van der Waals surface area contributed by atoms with Crippen molar-refractivity contribution in [1.29, 1.82) is 0 Å². The van der Waals surface area contributed by atoms with Gasteiger partial charge in [0.15, 0.2) is 0 Å². The fourth-order valence-electron chi connectivity index (χ4n) is 2.49. The SMILES string of the molecule is CC(C)c1nnc(N2CCN(C(=O)c3cccc(F)c3)CC2)o1. The minimum absolute atomic E-state index is 0.155. The number of nitrogens with zero attached hydrogens (tertiary/aromatic N) is 4. The van der Waals surface area contributed by atoms with E-state index in [-0.39, 0.29) is 11.8 Å². The molecule has 3 rings (SSSR count). The van der Waals surface area contributed by atoms with Crippen molar-refractivity contribution < 1.29 is 13.6 Å². The van der Waals surface area contributed by atoms with Gasteiger partial charge in [-0.25, -0.2) is 4.39 Å². The van der Waals surface area contributed by atoms with Gasteiger partial charge in [-0.2, -0.15) is 0 Å². The van der Waals surface area contributed by atoms with Gasteiger partial charge < -0.3 is 14.2 Å². The maximum absolute atomic E-state index is 13.2. The number of halogens is 1. The minimum atomic E-state index is -0.401. The van der Waals surface area contributed by atoms with Crippen LogP contribution >= 0.6 is 0 Å². The van der Waals surface area contributed by atoms with Gasteiger partial charge >= 0.3 is 6.01 Å². The Labute approximate surface area is 133 Å². The Hall–Kier alpha value is -2.44. The Morgan fingerprint density at radius 2 is 1.96 bits per heavy atom. The predicted octanol–water partition coefficient (Wildman–Crippen LogP) is 2.29. The van der Waals surface area contributed by atoms with E-state index in [1.165, 1.54) is 12.1 Å². The average molecular weight is 318 g/mol. The molecule has 1 aliphatic heterocycles. The Kier molecular flexibility index (Phi) is 4.27. The third-order valence-corrected chi connectivity index (χ3v) is 3.83. The number of hydrogen-bond donors (Lipinski definition) is 0. The van der Waals surface area contributed by atoms with Crippen molar-refractivity contribution in [1.82, 2.24) is 15.1 Å². The van der Waals surface area contributed by atoms with Gasteiger partial charge in [-0.1, -0.05) is 25.0 Å². The van der Waals surface area contributed by atoms with Crippen LogP contribution in [0.2, 0.25) is 0 Å². The molecule has 0 saturated carbocycles. The van der Waals surface area contributed by atoms with Crippen LogP contribution in [0, 0.1) is 5.82 Å². The predicted molar refractivity (Wildman–Crippen MR) is 82.9 cm³/mol. The van der Waals surface area contributed by atoms with Crippen LogP contribution in [0.4, 0.5) is 10.4 Å². The molecule has 0 aliphatic carbocycles. The van der Waals surface area contributed by atoms with Crippen molar-refractivity contribution in [3.63, 3.8) is 0 Å². The van der Waals surface area contributed by atoms with Gasteiger partial charge in [-0.15, -0.1) is 5.10 Å². The third kappa shape index (κ3) is 3.33. The van der Waals surface area contributed by atoms with Crippen molar-refractivity contribution in [2.75, 3.05) is 31.1 Å². The summed E-state index contributed by atoms with van der Waals surface area (Å²) in [5, 5.41) is 8.08. The highest BCUT2D eigenvalue weighted by Crippen LogP contribution is 2.20. The topological polar surface area (TPSA) is 62.5 Å². The summed E-state index contributed by atoms with van der Waals surface area (Å²) in [6.07, 6.45) is 0. The Morgan fingerprint density at radius 1 is 1.22 bits per heavy atom. The van der Waals surface area contributed by atoms with Gasteiger partial charge in [0.25, 0.3) is 5.91 Å². The van der Waals surface area contributed by atoms with Gasteiger partial charge in [0.2, 0.25) is 5.89 Å². The van der Waals surface area contributed by atoms with Crippen molar-refractivity contribution in [2.24, 2.45) is 0 Å². The number of rotatable bonds is 3. The molecule has 0 N–H and O–H groups in total. The Morgan fingerprint density at radius 3 is 2.57 bits per heavy atom. The normalized spacial score (nSPS) is 15.3. The van der Waals surface area contributed by atoms with Crippen LogP contribution < -0.4 is 4.90 Å². The molecule has 7 heteroatoms. The second-order valence-electron chi connectivity index (χ2n) is 5.87. The van der Waals surface area contributed by atoms with Crippen LogP contribution in [0.3, 0.4) is 0 Å². The highest BCUT2D eigenvalue weighted by molar-refractivity contribution is 5.94. The molecule has 2 heterocycles. The van der Waals surface area contributed by atoms with E-state index < -0.39 is 5.82 Å². The largest absolute Gasteiger partial charge is 0.408 e. The zero-order valence-corrected chi connectivity index (χ0v) is 13.2. The lowest BCUT2D eigenvalue weighted by Gasteiger charge is -2.33. The number of carbonyl (C=O) groups is 1. The quantitative estimate of drug-likeness (QED) is 0.869. The number of carbonyl (C=O) groups excluding carboxylic acids is 1. The summed E-state index contributed by atoms with van der Waals surface area (Å²) in [4.78, 5) is 16.1. The lowest BCUT2D eigenvalue weighted by molar-refractivity contribution is 0.0744. The zero-order valence-electron chi connectivity index (χ0n) is 13.2. The first-order valence-corrected chi connectivity index (χ1v) is 7.68. The maximum Gasteiger partial charge on any atom is 0.318 e. The molecule has 2 aromatic rings. The smallest absolute Gasteiger partial charge is 0.318 e. The number of aromatic nitrogens is 2. The van der Waals surface area contributed by atoms with E-state index in [0.29, 0.717) is 43.6 Å². The monoisotopic (exact) mass is 318 g/mol. The molecule has 0 bridgehead atoms. The molecule has 0 spiro atoms. The molecule has 0 atom stereocenters. The summed E-state index contributed by atoms with van der Waals surface area (Å²) in [5.74, 6) is 0.240. The van der Waals surface area contributed by atoms with Crippen molar-refractivity contribution in [3.05, 3.63) is 41.5 Å². The first-order chi connectivity index (χ1) is 11.0. The molecule has 0 radical (unpaired) electrons. The summed E-state index contributed by atoms with van der Waals surface area (Å²) in [5.41, 5.74) is 0.373. The zero-order chi connectivity index (χ0) is 16.4. The Bertz CT molecular complexity index is 693. The van der Waals surface area contributed by atoms with E-state index in [1.807, 2.05) is 18.7 Å². The van der Waals surface area contributed by atoms with E-state index in [4.69, 9.17) is 4.42 Å². The summed E-state index contributed by atoms with van der Waals surface area (Å²) in [6, 6.07) is 6.26. The summed E-state index contributed by atoms with van der Waals surface area (Å²) in [6.45, 7) is 6.28. The molecule has 0 unspecified atom stereocenters. The van der Waals surface area contributed by atoms with Crippen molar-refractivity contribution in [2.45, 2.75) is 19.8 Å². The van der Waals surface area contributed by atoms with Crippen LogP contribution in [-0.2, 0) is 0 Å². The standard InChI is InChI=1S/C16H19FN4O2/c1-11(2)14-18-19-16(23-14)21-8-6-20(7-9-21)15(22)12-4-3-5-13(17)10-12/h3-5,10-11H,6-9H2,1-2H3. The summed E-state index contributed by atoms with van der Waals surface area (Å²) >= 11 is 0. The second-order valence-corrected chi connectivity index (χ2v) is 5.87. The van der Waals surface area contributed by atoms with E-state index in [2.05, 4.69) is 10.2 Å². The minimum Gasteiger partial charge on any atom is -0.408 e. The molecule has 1 aromatic carbocycles. The molecule has 1 aliphatic rings. The third-order valence-electron chi connectivity index (χ3n) is 3.83. The van der Waals surface area contributed by atoms with E-state index in [0.717, 1.165) is 0 Å². The molecule has 122 valence electrons. The van der Waals surface area contributed by atoms with Crippen LogP contribution in [-0.4, -0.2) is 47.2 Å². The highest BCUT2D eigenvalue weighted by atomic mass is 19.1. The van der Waals surface area contributed by atoms with Gasteiger partial charge in [0, 0.05) is 37.7 Å². The van der Waals surface area contributed by atoms with Gasteiger partial charge in [-0.05, 0) is 18.2 Å². The molecule has 1 saturated heterocycles. The molecule has 1 amide bonds. The van der Waals surface area contributed by atoms with Crippen LogP contribution in [0.25, 0.3) is 0 Å². The number of hydrogen-bond acceptors (Lipinski definition) is 5. The summed E-state index contributed by atoms with van der Waals surface area (Å²) < 4.78 is 18.9. The fourth-order valence-corrected chi connectivity index (χ4v) is 2.49. The van der Waals surface area contributed by atoms with E-state index in [1.54, 1.807) is 17.0 Å². The number of anilines is 1. The van der Waals surface area contributed by atoms with Crippen LogP contribution in [0.5, 0.6) is 0 Å². The first-order valence-electron chi connectivity index (χ1n) is 7.68. The highest BCUT2D eigenvalue weighted by Gasteiger charge is 2.25. The van der Waals surface area contributed by atoms with Gasteiger partial charge in [-0.3, -0.25) is 4.79 Å². The fraction of sp³-hybridized carbons (Fsp3) is 0.438. The van der Waals surface area contributed by atoms with Gasteiger partial charge in [0.05, 0.1) is 0 Å². The van der Waals surface area contributed by atoms with Gasteiger partial charge in [0.1, 0.15) is 5.82 Å². The number of piperazine rings is 1. The number of amides is 1. The lowest BCUT2D eigenvalue weighted by Crippen LogP contribution is -2.49. The molecular weight excluding hydrogens is 299 g/mol. The first kappa shape index (κ1) is 15.5. The van der Waals surface area contributed by atoms with Crippen molar-refractivity contribution in [3.8, 4) is 0 Å². The molecule has 23 heavy (non-hydrogen) atoms. The summed E-state index contributed by atoms with van der Waals surface area (Å²) in [7, 11) is 0. The van der Waals surface area contributed by atoms with Crippen LogP contribution in [0.15, 0.2) is 28.7 Å².